The molecule has 2 aromatic heterocycles. The Hall–Kier alpha value is -2.80. The molecule has 136 valence electrons. The van der Waals surface area contributed by atoms with Gasteiger partial charge in [-0.3, -0.25) is 4.90 Å². The molecule has 0 spiro atoms. The van der Waals surface area contributed by atoms with Crippen LogP contribution in [0.1, 0.15) is 18.1 Å². The third-order valence-corrected chi connectivity index (χ3v) is 4.00. The van der Waals surface area contributed by atoms with Gasteiger partial charge in [-0.1, -0.05) is 37.3 Å². The summed E-state index contributed by atoms with van der Waals surface area (Å²) in [5.41, 5.74) is 4.50. The Morgan fingerprint density at radius 1 is 1.27 bits per heavy atom. The molecular formula is C19H20F2N4O. The number of hydrogen-bond acceptors (Lipinski definition) is 4. The van der Waals surface area contributed by atoms with Crippen molar-refractivity contribution < 1.29 is 13.5 Å². The summed E-state index contributed by atoms with van der Waals surface area (Å²) in [6.45, 7) is 5.09. The number of aryl methyl sites for hydroxylation is 1. The quantitative estimate of drug-likeness (QED) is 0.468. The van der Waals surface area contributed by atoms with Crippen LogP contribution in [0.3, 0.4) is 0 Å². The Balaban J connectivity index is 1.98. The minimum absolute atomic E-state index is 0.0608. The number of rotatable bonds is 7. The van der Waals surface area contributed by atoms with Gasteiger partial charge in [0, 0.05) is 30.1 Å². The Morgan fingerprint density at radius 2 is 2.04 bits per heavy atom. The topological polar surface area (TPSA) is 42.7 Å². The maximum atomic E-state index is 12.2. The highest BCUT2D eigenvalue weighted by atomic mass is 19.3. The third-order valence-electron chi connectivity index (χ3n) is 4.00. The van der Waals surface area contributed by atoms with Gasteiger partial charge >= 0.3 is 6.08 Å². The second-order valence-electron chi connectivity index (χ2n) is 5.94. The molecule has 3 aromatic rings. The molecule has 2 heterocycles. The number of ether oxygens (including phenoxy) is 1. The number of hydrogen-bond donors (Lipinski definition) is 0. The third kappa shape index (κ3) is 4.05. The lowest BCUT2D eigenvalue weighted by Gasteiger charge is -2.19. The number of benzene rings is 1. The summed E-state index contributed by atoms with van der Waals surface area (Å²) in [5.74, 6) is 0. The molecule has 1 aromatic carbocycles. The van der Waals surface area contributed by atoms with Gasteiger partial charge in [-0.25, -0.2) is 9.50 Å². The Kier molecular flexibility index (Phi) is 5.58. The van der Waals surface area contributed by atoms with Crippen molar-refractivity contribution in [1.82, 2.24) is 19.5 Å². The molecule has 26 heavy (non-hydrogen) atoms. The molecule has 0 aliphatic carbocycles. The van der Waals surface area contributed by atoms with Crippen LogP contribution < -0.4 is 0 Å². The second-order valence-corrected chi connectivity index (χ2v) is 5.94. The summed E-state index contributed by atoms with van der Waals surface area (Å²) in [5, 5.41) is 4.69. The van der Waals surface area contributed by atoms with Crippen molar-refractivity contribution in [2.45, 2.75) is 20.4 Å². The van der Waals surface area contributed by atoms with Gasteiger partial charge < -0.3 is 4.74 Å². The summed E-state index contributed by atoms with van der Waals surface area (Å²) in [7, 11) is 0. The summed E-state index contributed by atoms with van der Waals surface area (Å²) in [6, 6.07) is 9.85. The molecule has 0 fully saturated rings. The van der Waals surface area contributed by atoms with Crippen LogP contribution in [-0.2, 0) is 11.3 Å². The van der Waals surface area contributed by atoms with Crippen LogP contribution in [0.25, 0.3) is 16.9 Å². The molecule has 0 bridgehead atoms. The first-order valence-corrected chi connectivity index (χ1v) is 8.33. The first-order valence-electron chi connectivity index (χ1n) is 8.33. The lowest BCUT2D eigenvalue weighted by molar-refractivity contribution is 0.0826. The van der Waals surface area contributed by atoms with Gasteiger partial charge in [0.2, 0.25) is 0 Å². The van der Waals surface area contributed by atoms with Crippen LogP contribution in [0.2, 0.25) is 0 Å². The van der Waals surface area contributed by atoms with Gasteiger partial charge in [0.25, 0.3) is 0 Å². The van der Waals surface area contributed by atoms with E-state index >= 15 is 0 Å². The maximum absolute atomic E-state index is 12.2. The molecule has 0 atom stereocenters. The molecule has 0 unspecified atom stereocenters. The fourth-order valence-corrected chi connectivity index (χ4v) is 2.73. The predicted octanol–water partition coefficient (Wildman–Crippen LogP) is 4.24. The second kappa shape index (κ2) is 8.05. The number of nitrogens with zero attached hydrogens (tertiary/aromatic N) is 4. The zero-order valence-corrected chi connectivity index (χ0v) is 14.7. The van der Waals surface area contributed by atoms with Gasteiger partial charge in [0.15, 0.2) is 11.9 Å². The van der Waals surface area contributed by atoms with Crippen LogP contribution in [0.15, 0.2) is 55.1 Å². The first kappa shape index (κ1) is 18.0. The minimum atomic E-state index is -1.85. The first-order chi connectivity index (χ1) is 12.6. The van der Waals surface area contributed by atoms with Gasteiger partial charge in [-0.15, -0.1) is 0 Å². The monoisotopic (exact) mass is 358 g/mol. The van der Waals surface area contributed by atoms with Crippen molar-refractivity contribution >= 4 is 5.65 Å². The fourth-order valence-electron chi connectivity index (χ4n) is 2.73. The van der Waals surface area contributed by atoms with E-state index < -0.39 is 6.08 Å². The Labute approximate surface area is 150 Å². The normalized spacial score (nSPS) is 11.1. The van der Waals surface area contributed by atoms with Gasteiger partial charge in [0.1, 0.15) is 6.73 Å². The molecule has 7 heteroatoms. The lowest BCUT2D eigenvalue weighted by Crippen LogP contribution is -2.25. The summed E-state index contributed by atoms with van der Waals surface area (Å²) in [4.78, 5) is 6.43. The molecule has 0 saturated carbocycles. The van der Waals surface area contributed by atoms with E-state index in [4.69, 9.17) is 9.84 Å². The SMILES string of the molecule is CCN(COC=C(F)F)Cc1c(-c2ccccc2)nn2cc(C)cnc12. The van der Waals surface area contributed by atoms with Gasteiger partial charge in [0.05, 0.1) is 5.69 Å². The van der Waals surface area contributed by atoms with Crippen molar-refractivity contribution in [2.24, 2.45) is 0 Å². The van der Waals surface area contributed by atoms with Gasteiger partial charge in [-0.05, 0) is 19.0 Å². The average molecular weight is 358 g/mol. The van der Waals surface area contributed by atoms with E-state index in [0.717, 1.165) is 28.0 Å². The Bertz CT molecular complexity index is 905. The van der Waals surface area contributed by atoms with E-state index in [0.29, 0.717) is 19.4 Å². The standard InChI is InChI=1S/C19H20F2N4O/c1-3-24(13-26-12-17(20)21)11-16-18(15-7-5-4-6-8-15)23-25-10-14(2)9-22-19(16)25/h4-10,12H,3,11,13H2,1-2H3. The summed E-state index contributed by atoms with van der Waals surface area (Å²) >= 11 is 0. The number of fused-ring (bicyclic) bond motifs is 1. The predicted molar refractivity (Wildman–Crippen MR) is 95.5 cm³/mol. The van der Waals surface area contributed by atoms with Crippen LogP contribution in [0, 0.1) is 6.92 Å². The minimum Gasteiger partial charge on any atom is -0.480 e. The maximum Gasteiger partial charge on any atom is 0.304 e. The highest BCUT2D eigenvalue weighted by Crippen LogP contribution is 2.26. The molecule has 0 aliphatic rings. The molecule has 5 nitrogen and oxygen atoms in total. The molecule has 0 N–H and O–H groups in total. The van der Waals surface area contributed by atoms with E-state index in [9.17, 15) is 8.78 Å². The largest absolute Gasteiger partial charge is 0.480 e. The van der Waals surface area contributed by atoms with Crippen LogP contribution in [0.4, 0.5) is 8.78 Å². The smallest absolute Gasteiger partial charge is 0.304 e. The molecule has 0 radical (unpaired) electrons. The molecule has 0 saturated heterocycles. The lowest BCUT2D eigenvalue weighted by atomic mass is 10.1. The number of aromatic nitrogens is 3. The molecule has 3 rings (SSSR count). The summed E-state index contributed by atoms with van der Waals surface area (Å²) in [6.07, 6.45) is 2.34. The Morgan fingerprint density at radius 3 is 2.73 bits per heavy atom. The van der Waals surface area contributed by atoms with Crippen molar-refractivity contribution in [3.05, 3.63) is 66.2 Å². The molecular weight excluding hydrogens is 338 g/mol. The summed E-state index contributed by atoms with van der Waals surface area (Å²) < 4.78 is 31.1. The van der Waals surface area contributed by atoms with Crippen molar-refractivity contribution in [2.75, 3.05) is 13.3 Å². The van der Waals surface area contributed by atoms with Crippen LogP contribution in [0.5, 0.6) is 0 Å². The van der Waals surface area contributed by atoms with Crippen LogP contribution in [-0.4, -0.2) is 32.8 Å². The van der Waals surface area contributed by atoms with E-state index in [-0.39, 0.29) is 6.73 Å². The van der Waals surface area contributed by atoms with E-state index in [1.165, 1.54) is 0 Å². The van der Waals surface area contributed by atoms with Gasteiger partial charge in [-0.2, -0.15) is 13.9 Å². The van der Waals surface area contributed by atoms with Crippen molar-refractivity contribution in [1.29, 1.82) is 0 Å². The zero-order chi connectivity index (χ0) is 18.5. The molecule has 0 amide bonds. The number of halogens is 2. The van der Waals surface area contributed by atoms with E-state index in [1.54, 1.807) is 10.7 Å². The van der Waals surface area contributed by atoms with E-state index in [2.05, 4.69) is 4.98 Å². The average Bonchev–Trinajstić information content (AvgIpc) is 2.98. The highest BCUT2D eigenvalue weighted by molar-refractivity contribution is 5.70. The van der Waals surface area contributed by atoms with Crippen molar-refractivity contribution in [3.8, 4) is 11.3 Å². The zero-order valence-electron chi connectivity index (χ0n) is 14.7. The highest BCUT2D eigenvalue weighted by Gasteiger charge is 2.18. The van der Waals surface area contributed by atoms with E-state index in [1.807, 2.05) is 55.3 Å². The fraction of sp³-hybridized carbons (Fsp3) is 0.263. The van der Waals surface area contributed by atoms with Crippen molar-refractivity contribution in [3.63, 3.8) is 0 Å². The van der Waals surface area contributed by atoms with Crippen LogP contribution >= 0.6 is 0 Å². The molecule has 0 aliphatic heterocycles.